The summed E-state index contributed by atoms with van der Waals surface area (Å²) in [7, 11) is 0. The van der Waals surface area contributed by atoms with Crippen LogP contribution in [0.3, 0.4) is 0 Å². The number of rotatable bonds is 4. The zero-order valence-corrected chi connectivity index (χ0v) is 10.5. The van der Waals surface area contributed by atoms with Crippen molar-refractivity contribution in [1.82, 2.24) is 0 Å². The maximum atomic E-state index is 10.8. The van der Waals surface area contributed by atoms with Crippen molar-refractivity contribution >= 4 is 11.4 Å². The first-order chi connectivity index (χ1) is 7.99. The highest BCUT2D eigenvalue weighted by atomic mass is 16.6. The SMILES string of the molecule is Cc1cc([N+](=O)[O-])c(C)cc1NC(C)C1CC1. The summed E-state index contributed by atoms with van der Waals surface area (Å²) in [5, 5.41) is 14.3. The van der Waals surface area contributed by atoms with E-state index in [0.717, 1.165) is 17.2 Å². The molecule has 0 amide bonds. The van der Waals surface area contributed by atoms with Gasteiger partial charge in [-0.2, -0.15) is 0 Å². The van der Waals surface area contributed by atoms with E-state index in [2.05, 4.69) is 12.2 Å². The molecule has 0 saturated heterocycles. The molecule has 0 bridgehead atoms. The maximum absolute atomic E-state index is 10.8. The van der Waals surface area contributed by atoms with Crippen LogP contribution < -0.4 is 5.32 Å². The lowest BCUT2D eigenvalue weighted by Crippen LogP contribution is -2.18. The summed E-state index contributed by atoms with van der Waals surface area (Å²) in [4.78, 5) is 10.5. The topological polar surface area (TPSA) is 55.2 Å². The third-order valence-corrected chi connectivity index (χ3v) is 3.45. The van der Waals surface area contributed by atoms with Crippen LogP contribution in [0.25, 0.3) is 0 Å². The largest absolute Gasteiger partial charge is 0.382 e. The van der Waals surface area contributed by atoms with Gasteiger partial charge in [0.15, 0.2) is 0 Å². The van der Waals surface area contributed by atoms with E-state index in [1.54, 1.807) is 13.0 Å². The van der Waals surface area contributed by atoms with Crippen molar-refractivity contribution in [3.8, 4) is 0 Å². The van der Waals surface area contributed by atoms with Crippen LogP contribution in [0.5, 0.6) is 0 Å². The van der Waals surface area contributed by atoms with Gasteiger partial charge in [-0.25, -0.2) is 0 Å². The molecule has 1 aromatic rings. The molecule has 1 aromatic carbocycles. The Kier molecular flexibility index (Phi) is 3.05. The van der Waals surface area contributed by atoms with Gasteiger partial charge in [-0.15, -0.1) is 0 Å². The predicted molar refractivity (Wildman–Crippen MR) is 68.4 cm³/mol. The zero-order valence-electron chi connectivity index (χ0n) is 10.5. The minimum Gasteiger partial charge on any atom is -0.382 e. The van der Waals surface area contributed by atoms with Crippen LogP contribution in [0.4, 0.5) is 11.4 Å². The van der Waals surface area contributed by atoms with Crippen molar-refractivity contribution in [2.24, 2.45) is 5.92 Å². The second kappa shape index (κ2) is 4.35. The Morgan fingerprint density at radius 2 is 2.00 bits per heavy atom. The number of nitro groups is 1. The van der Waals surface area contributed by atoms with Crippen LogP contribution in [0.15, 0.2) is 12.1 Å². The van der Waals surface area contributed by atoms with Crippen molar-refractivity contribution in [2.45, 2.75) is 39.7 Å². The monoisotopic (exact) mass is 234 g/mol. The average Bonchev–Trinajstić information content (AvgIpc) is 3.05. The van der Waals surface area contributed by atoms with Crippen LogP contribution in [0.2, 0.25) is 0 Å². The molecule has 1 N–H and O–H groups in total. The Balaban J connectivity index is 2.22. The summed E-state index contributed by atoms with van der Waals surface area (Å²) in [6.07, 6.45) is 2.58. The summed E-state index contributed by atoms with van der Waals surface area (Å²) in [5.74, 6) is 0.768. The Morgan fingerprint density at radius 1 is 1.35 bits per heavy atom. The Morgan fingerprint density at radius 3 is 2.53 bits per heavy atom. The molecule has 1 aliphatic carbocycles. The first kappa shape index (κ1) is 11.9. The fraction of sp³-hybridized carbons (Fsp3) is 0.538. The number of aryl methyl sites for hydroxylation is 2. The van der Waals surface area contributed by atoms with E-state index in [-0.39, 0.29) is 10.6 Å². The van der Waals surface area contributed by atoms with E-state index < -0.39 is 0 Å². The van der Waals surface area contributed by atoms with E-state index in [4.69, 9.17) is 0 Å². The Labute approximate surface area is 101 Å². The van der Waals surface area contributed by atoms with Crippen molar-refractivity contribution < 1.29 is 4.92 Å². The van der Waals surface area contributed by atoms with Crippen molar-refractivity contribution in [3.63, 3.8) is 0 Å². The highest BCUT2D eigenvalue weighted by Crippen LogP contribution is 2.35. The number of nitro benzene ring substituents is 1. The van der Waals surface area contributed by atoms with E-state index in [1.807, 2.05) is 13.0 Å². The van der Waals surface area contributed by atoms with Gasteiger partial charge in [0.05, 0.1) is 4.92 Å². The average molecular weight is 234 g/mol. The molecule has 0 aliphatic heterocycles. The molecular weight excluding hydrogens is 216 g/mol. The lowest BCUT2D eigenvalue weighted by molar-refractivity contribution is -0.385. The molecule has 1 atom stereocenters. The fourth-order valence-corrected chi connectivity index (χ4v) is 2.11. The summed E-state index contributed by atoms with van der Waals surface area (Å²) in [6, 6.07) is 3.98. The van der Waals surface area contributed by atoms with E-state index >= 15 is 0 Å². The molecular formula is C13H18N2O2. The number of hydrogen-bond donors (Lipinski definition) is 1. The van der Waals surface area contributed by atoms with Crippen LogP contribution in [-0.2, 0) is 0 Å². The van der Waals surface area contributed by atoms with Gasteiger partial charge >= 0.3 is 0 Å². The van der Waals surface area contributed by atoms with E-state index in [0.29, 0.717) is 11.6 Å². The number of nitrogens with zero attached hydrogens (tertiary/aromatic N) is 1. The third-order valence-electron chi connectivity index (χ3n) is 3.45. The first-order valence-electron chi connectivity index (χ1n) is 6.01. The summed E-state index contributed by atoms with van der Waals surface area (Å²) in [6.45, 7) is 5.87. The Bertz CT molecular complexity index is 453. The second-order valence-electron chi connectivity index (χ2n) is 4.98. The number of benzene rings is 1. The molecule has 4 heteroatoms. The molecule has 0 aromatic heterocycles. The molecule has 0 radical (unpaired) electrons. The molecule has 1 unspecified atom stereocenters. The molecule has 1 aliphatic rings. The van der Waals surface area contributed by atoms with Gasteiger partial charge in [0, 0.05) is 23.4 Å². The maximum Gasteiger partial charge on any atom is 0.272 e. The summed E-state index contributed by atoms with van der Waals surface area (Å²) in [5.41, 5.74) is 2.88. The molecule has 0 spiro atoms. The summed E-state index contributed by atoms with van der Waals surface area (Å²) < 4.78 is 0. The van der Waals surface area contributed by atoms with Crippen molar-refractivity contribution in [3.05, 3.63) is 33.4 Å². The zero-order chi connectivity index (χ0) is 12.6. The number of nitrogens with one attached hydrogen (secondary N) is 1. The molecule has 1 fully saturated rings. The highest BCUT2D eigenvalue weighted by Gasteiger charge is 2.28. The molecule has 4 nitrogen and oxygen atoms in total. The van der Waals surface area contributed by atoms with E-state index in [1.165, 1.54) is 12.8 Å². The van der Waals surface area contributed by atoms with Gasteiger partial charge in [0.2, 0.25) is 0 Å². The van der Waals surface area contributed by atoms with Gasteiger partial charge < -0.3 is 5.32 Å². The third kappa shape index (κ3) is 2.57. The van der Waals surface area contributed by atoms with E-state index in [9.17, 15) is 10.1 Å². The predicted octanol–water partition coefficient (Wildman–Crippen LogP) is 3.42. The smallest absolute Gasteiger partial charge is 0.272 e. The highest BCUT2D eigenvalue weighted by molar-refractivity contribution is 5.59. The van der Waals surface area contributed by atoms with Crippen LogP contribution in [-0.4, -0.2) is 11.0 Å². The lowest BCUT2D eigenvalue weighted by atomic mass is 10.1. The quantitative estimate of drug-likeness (QED) is 0.641. The minimum atomic E-state index is -0.323. The van der Waals surface area contributed by atoms with Crippen LogP contribution in [0, 0.1) is 29.9 Å². The summed E-state index contributed by atoms with van der Waals surface area (Å²) >= 11 is 0. The van der Waals surface area contributed by atoms with Gasteiger partial charge in [-0.1, -0.05) is 0 Å². The number of hydrogen-bond acceptors (Lipinski definition) is 3. The minimum absolute atomic E-state index is 0.201. The molecule has 2 rings (SSSR count). The second-order valence-corrected chi connectivity index (χ2v) is 4.98. The van der Waals surface area contributed by atoms with Crippen LogP contribution >= 0.6 is 0 Å². The standard InChI is InChI=1S/C13H18N2O2/c1-8-7-13(15(16)17)9(2)6-12(8)14-10(3)11-4-5-11/h6-7,10-11,14H,4-5H2,1-3H3. The lowest BCUT2D eigenvalue weighted by Gasteiger charge is -2.17. The molecule has 92 valence electrons. The van der Waals surface area contributed by atoms with Crippen molar-refractivity contribution in [2.75, 3.05) is 5.32 Å². The van der Waals surface area contributed by atoms with Crippen LogP contribution in [0.1, 0.15) is 30.9 Å². The first-order valence-corrected chi connectivity index (χ1v) is 6.01. The Hall–Kier alpha value is -1.58. The molecule has 0 heterocycles. The molecule has 1 saturated carbocycles. The van der Waals surface area contributed by atoms with Gasteiger partial charge in [-0.3, -0.25) is 10.1 Å². The van der Waals surface area contributed by atoms with Gasteiger partial charge in [0.25, 0.3) is 5.69 Å². The number of anilines is 1. The normalized spacial score (nSPS) is 16.6. The molecule has 17 heavy (non-hydrogen) atoms. The van der Waals surface area contributed by atoms with Gasteiger partial charge in [-0.05, 0) is 51.2 Å². The van der Waals surface area contributed by atoms with Gasteiger partial charge in [0.1, 0.15) is 0 Å². The van der Waals surface area contributed by atoms with Crippen molar-refractivity contribution in [1.29, 1.82) is 0 Å². The fourth-order valence-electron chi connectivity index (χ4n) is 2.11.